The van der Waals surface area contributed by atoms with Crippen molar-refractivity contribution >= 4 is 11.6 Å². The zero-order chi connectivity index (χ0) is 17.5. The van der Waals surface area contributed by atoms with Gasteiger partial charge in [-0.05, 0) is 31.2 Å². The van der Waals surface area contributed by atoms with Gasteiger partial charge in [-0.15, -0.1) is 0 Å². The average Bonchev–Trinajstić information content (AvgIpc) is 2.57. The summed E-state index contributed by atoms with van der Waals surface area (Å²) in [7, 11) is 1.49. The van der Waals surface area contributed by atoms with E-state index >= 15 is 0 Å². The molecule has 0 heterocycles. The Labute approximate surface area is 138 Å². The van der Waals surface area contributed by atoms with Crippen molar-refractivity contribution in [3.05, 3.63) is 53.8 Å². The highest BCUT2D eigenvalue weighted by atomic mass is 19.1. The van der Waals surface area contributed by atoms with Crippen molar-refractivity contribution in [1.29, 1.82) is 0 Å². The van der Waals surface area contributed by atoms with E-state index in [0.29, 0.717) is 17.0 Å². The lowest BCUT2D eigenvalue weighted by atomic mass is 10.1. The summed E-state index contributed by atoms with van der Waals surface area (Å²) in [4.78, 5) is 11.7. The van der Waals surface area contributed by atoms with Gasteiger partial charge in [0.05, 0.1) is 12.8 Å². The Morgan fingerprint density at radius 3 is 2.71 bits per heavy atom. The second-order valence-corrected chi connectivity index (χ2v) is 4.86. The van der Waals surface area contributed by atoms with Crippen molar-refractivity contribution in [2.24, 2.45) is 5.10 Å². The molecule has 2 rings (SSSR count). The zero-order valence-electron chi connectivity index (χ0n) is 13.2. The molecule has 24 heavy (non-hydrogen) atoms. The molecule has 0 bridgehead atoms. The molecule has 0 saturated carbocycles. The third-order valence-corrected chi connectivity index (χ3v) is 3.11. The quantitative estimate of drug-likeness (QED) is 0.629. The number of aromatic hydroxyl groups is 1. The lowest BCUT2D eigenvalue weighted by molar-refractivity contribution is -0.123. The number of halogens is 1. The molecule has 0 saturated heterocycles. The van der Waals surface area contributed by atoms with Crippen LogP contribution in [0.2, 0.25) is 0 Å². The summed E-state index contributed by atoms with van der Waals surface area (Å²) in [6.07, 6.45) is 0. The van der Waals surface area contributed by atoms with Crippen LogP contribution in [0.1, 0.15) is 12.5 Å². The number of hydrogen-bond acceptors (Lipinski definition) is 5. The lowest BCUT2D eigenvalue weighted by Crippen LogP contribution is -2.25. The number of benzene rings is 2. The van der Waals surface area contributed by atoms with Gasteiger partial charge in [-0.2, -0.15) is 5.10 Å². The molecule has 0 aliphatic rings. The van der Waals surface area contributed by atoms with Crippen LogP contribution in [-0.4, -0.2) is 30.4 Å². The fraction of sp³-hybridized carbons (Fsp3) is 0.176. The number of hydrogen-bond donors (Lipinski definition) is 2. The Morgan fingerprint density at radius 2 is 2.04 bits per heavy atom. The topological polar surface area (TPSA) is 80.2 Å². The van der Waals surface area contributed by atoms with Crippen molar-refractivity contribution in [2.45, 2.75) is 6.92 Å². The molecule has 126 valence electrons. The SMILES string of the molecule is COc1ccc(/C(C)=N/NC(=O)COc2cccc(F)c2)c(O)c1. The molecule has 1 amide bonds. The normalized spacial score (nSPS) is 11.0. The molecule has 2 aromatic carbocycles. The first-order chi connectivity index (χ1) is 11.5. The third kappa shape index (κ3) is 4.70. The maximum atomic E-state index is 13.0. The van der Waals surface area contributed by atoms with Crippen LogP contribution in [0.4, 0.5) is 4.39 Å². The monoisotopic (exact) mass is 332 g/mol. The number of nitrogens with zero attached hydrogens (tertiary/aromatic N) is 1. The summed E-state index contributed by atoms with van der Waals surface area (Å²) in [5, 5.41) is 13.8. The largest absolute Gasteiger partial charge is 0.507 e. The predicted octanol–water partition coefficient (Wildman–Crippen LogP) is 2.46. The third-order valence-electron chi connectivity index (χ3n) is 3.11. The number of methoxy groups -OCH3 is 1. The van der Waals surface area contributed by atoms with Crippen molar-refractivity contribution in [2.75, 3.05) is 13.7 Å². The summed E-state index contributed by atoms with van der Waals surface area (Å²) in [6.45, 7) is 1.32. The van der Waals surface area contributed by atoms with E-state index in [2.05, 4.69) is 10.5 Å². The first-order valence-corrected chi connectivity index (χ1v) is 7.08. The number of hydrazone groups is 1. The smallest absolute Gasteiger partial charge is 0.277 e. The number of ether oxygens (including phenoxy) is 2. The van der Waals surface area contributed by atoms with Gasteiger partial charge in [-0.1, -0.05) is 6.07 Å². The van der Waals surface area contributed by atoms with E-state index in [1.54, 1.807) is 25.1 Å². The Balaban J connectivity index is 1.93. The van der Waals surface area contributed by atoms with Crippen LogP contribution in [-0.2, 0) is 4.79 Å². The van der Waals surface area contributed by atoms with Crippen LogP contribution in [0.25, 0.3) is 0 Å². The maximum Gasteiger partial charge on any atom is 0.277 e. The molecule has 0 aliphatic carbocycles. The Kier molecular flexibility index (Phi) is 5.73. The maximum absolute atomic E-state index is 13.0. The van der Waals surface area contributed by atoms with Crippen molar-refractivity contribution in [3.8, 4) is 17.2 Å². The minimum atomic E-state index is -0.508. The van der Waals surface area contributed by atoms with Crippen LogP contribution in [0, 0.1) is 5.82 Å². The highest BCUT2D eigenvalue weighted by Gasteiger charge is 2.08. The molecule has 7 heteroatoms. The van der Waals surface area contributed by atoms with Gasteiger partial charge in [-0.25, -0.2) is 9.82 Å². The van der Waals surface area contributed by atoms with Gasteiger partial charge in [0.1, 0.15) is 23.1 Å². The number of rotatable bonds is 6. The average molecular weight is 332 g/mol. The lowest BCUT2D eigenvalue weighted by Gasteiger charge is -2.08. The zero-order valence-corrected chi connectivity index (χ0v) is 13.2. The van der Waals surface area contributed by atoms with E-state index in [0.717, 1.165) is 0 Å². The number of phenolic OH excluding ortho intramolecular Hbond substituents is 1. The molecule has 2 aromatic rings. The molecule has 0 aromatic heterocycles. The molecule has 2 N–H and O–H groups in total. The number of nitrogens with one attached hydrogen (secondary N) is 1. The molecule has 0 atom stereocenters. The van der Waals surface area contributed by atoms with Crippen LogP contribution >= 0.6 is 0 Å². The number of carbonyl (C=O) groups excluding carboxylic acids is 1. The van der Waals surface area contributed by atoms with Crippen LogP contribution in [0.5, 0.6) is 17.2 Å². The van der Waals surface area contributed by atoms with Gasteiger partial charge < -0.3 is 14.6 Å². The van der Waals surface area contributed by atoms with Gasteiger partial charge in [0, 0.05) is 17.7 Å². The number of phenols is 1. The van der Waals surface area contributed by atoms with Crippen LogP contribution < -0.4 is 14.9 Å². The molecule has 0 fully saturated rings. The minimum absolute atomic E-state index is 0.0131. The van der Waals surface area contributed by atoms with Gasteiger partial charge >= 0.3 is 0 Å². The Morgan fingerprint density at radius 1 is 1.25 bits per heavy atom. The molecule has 6 nitrogen and oxygen atoms in total. The fourth-order valence-corrected chi connectivity index (χ4v) is 1.89. The highest BCUT2D eigenvalue weighted by Crippen LogP contribution is 2.23. The van der Waals surface area contributed by atoms with Crippen LogP contribution in [0.3, 0.4) is 0 Å². The number of carbonyl (C=O) groups is 1. The first kappa shape index (κ1) is 17.3. The molecule has 0 aliphatic heterocycles. The Hall–Kier alpha value is -3.09. The molecule has 0 radical (unpaired) electrons. The summed E-state index contributed by atoms with van der Waals surface area (Å²) in [5.41, 5.74) is 3.18. The van der Waals surface area contributed by atoms with E-state index in [9.17, 15) is 14.3 Å². The van der Waals surface area contributed by atoms with E-state index in [1.165, 1.54) is 31.4 Å². The van der Waals surface area contributed by atoms with Gasteiger partial charge in [-0.3, -0.25) is 4.79 Å². The van der Waals surface area contributed by atoms with Crippen molar-refractivity contribution in [3.63, 3.8) is 0 Å². The number of amides is 1. The second-order valence-electron chi connectivity index (χ2n) is 4.86. The fourth-order valence-electron chi connectivity index (χ4n) is 1.89. The van der Waals surface area contributed by atoms with Crippen LogP contribution in [0.15, 0.2) is 47.6 Å². The van der Waals surface area contributed by atoms with Crippen molar-refractivity contribution in [1.82, 2.24) is 5.43 Å². The predicted molar refractivity (Wildman–Crippen MR) is 86.9 cm³/mol. The minimum Gasteiger partial charge on any atom is -0.507 e. The van der Waals surface area contributed by atoms with Gasteiger partial charge in [0.2, 0.25) is 0 Å². The summed E-state index contributed by atoms with van der Waals surface area (Å²) in [6, 6.07) is 10.2. The molecule has 0 unspecified atom stereocenters. The summed E-state index contributed by atoms with van der Waals surface area (Å²) < 4.78 is 23.1. The highest BCUT2D eigenvalue weighted by molar-refractivity contribution is 6.01. The molecular weight excluding hydrogens is 315 g/mol. The van der Waals surface area contributed by atoms with E-state index in [-0.39, 0.29) is 18.1 Å². The molecule has 0 spiro atoms. The van der Waals surface area contributed by atoms with Gasteiger partial charge in [0.25, 0.3) is 5.91 Å². The molecular formula is C17H17FN2O4. The first-order valence-electron chi connectivity index (χ1n) is 7.08. The van der Waals surface area contributed by atoms with E-state index < -0.39 is 11.7 Å². The summed E-state index contributed by atoms with van der Waals surface area (Å²) in [5.74, 6) is -0.209. The summed E-state index contributed by atoms with van der Waals surface area (Å²) >= 11 is 0. The second kappa shape index (κ2) is 7.96. The van der Waals surface area contributed by atoms with Crippen molar-refractivity contribution < 1.29 is 23.8 Å². The standard InChI is InChI=1S/C17H17FN2O4/c1-11(15-7-6-13(23-2)9-16(15)21)19-20-17(22)10-24-14-5-3-4-12(18)8-14/h3-9,21H,10H2,1-2H3,(H,20,22)/b19-11+. The van der Waals surface area contributed by atoms with Gasteiger partial charge in [0.15, 0.2) is 6.61 Å². The Bertz CT molecular complexity index is 762. The van der Waals surface area contributed by atoms with E-state index in [1.807, 2.05) is 0 Å². The van der Waals surface area contributed by atoms with E-state index in [4.69, 9.17) is 9.47 Å².